The van der Waals surface area contributed by atoms with Gasteiger partial charge in [0, 0.05) is 6.20 Å². The summed E-state index contributed by atoms with van der Waals surface area (Å²) in [7, 11) is 2.21. The number of rotatable bonds is 8. The molecule has 6 heteroatoms. The monoisotopic (exact) mass is 797 g/mol. The van der Waals surface area contributed by atoms with Gasteiger partial charge in [-0.1, -0.05) is 17.7 Å². The molecule has 47 heavy (non-hydrogen) atoms. The topological polar surface area (TPSA) is 33.5 Å². The number of benzene rings is 4. The number of hydrogen-bond donors (Lipinski definition) is 0. The van der Waals surface area contributed by atoms with E-state index < -0.39 is 0 Å². The van der Waals surface area contributed by atoms with E-state index in [1.54, 1.807) is 0 Å². The van der Waals surface area contributed by atoms with Crippen LogP contribution in [0.4, 0.5) is 17.1 Å². The molecule has 2 heterocycles. The standard InChI is InChI=1S/C41H38N4O.Pt/c1-27-17-20-36-35(24-27)34-19-18-33(26-39(34)45(36)40-16-9-10-21-42-40)46-32-13-11-12-31(25-32)43(5)37-14-7-8-15-38(37)44(6)41-29(3)22-28(2)23-30(41)4;/h5,7-26,29,41H,1-4,6H3;. The van der Waals surface area contributed by atoms with Gasteiger partial charge in [0.05, 0.1) is 0 Å². The summed E-state index contributed by atoms with van der Waals surface area (Å²) in [6.45, 7) is 8.87. The van der Waals surface area contributed by atoms with Crippen LogP contribution in [0.15, 0.2) is 133 Å². The Bertz CT molecular complexity index is 2180. The van der Waals surface area contributed by atoms with Crippen LogP contribution in [0.3, 0.4) is 0 Å². The van der Waals surface area contributed by atoms with Crippen LogP contribution in [0.2, 0.25) is 0 Å². The molecule has 0 radical (unpaired) electrons. The predicted octanol–water partition coefficient (Wildman–Crippen LogP) is 10.1. The van der Waals surface area contributed by atoms with E-state index >= 15 is 0 Å². The van der Waals surface area contributed by atoms with Crippen LogP contribution >= 0.6 is 0 Å². The minimum absolute atomic E-state index is 0.284. The van der Waals surface area contributed by atoms with E-state index in [2.05, 4.69) is 164 Å². The molecule has 1 aliphatic carbocycles. The third kappa shape index (κ3) is 5.85. The molecule has 7 rings (SSSR count). The number of ether oxygens (including phenoxy) is 1. The molecule has 0 fully saturated rings. The van der Waals surface area contributed by atoms with Crippen molar-refractivity contribution in [1.29, 1.82) is 0 Å². The first-order valence-corrected chi connectivity index (χ1v) is 17.3. The van der Waals surface area contributed by atoms with Gasteiger partial charge in [0.2, 0.25) is 0 Å². The average Bonchev–Trinajstić information content (AvgIpc) is 3.38. The summed E-state index contributed by atoms with van der Waals surface area (Å²) in [5, 5.41) is 2.38. The van der Waals surface area contributed by atoms with Gasteiger partial charge in [0.25, 0.3) is 0 Å². The zero-order valence-electron chi connectivity index (χ0n) is 27.3. The summed E-state index contributed by atoms with van der Waals surface area (Å²) < 4.78 is 10.9. The number of aryl methyl sites for hydroxylation is 1. The number of pyridine rings is 1. The van der Waals surface area contributed by atoms with Crippen molar-refractivity contribution in [3.8, 4) is 17.3 Å². The molecule has 6 aromatic rings. The molecule has 238 valence electrons. The van der Waals surface area contributed by atoms with E-state index in [-0.39, 0.29) is 6.04 Å². The Labute approximate surface area is 287 Å². The molecule has 1 aliphatic rings. The van der Waals surface area contributed by atoms with Crippen LogP contribution in [0.25, 0.3) is 27.6 Å². The maximum atomic E-state index is 6.58. The Morgan fingerprint density at radius 1 is 0.787 bits per heavy atom. The van der Waals surface area contributed by atoms with Gasteiger partial charge in [-0.15, -0.1) is 0 Å². The fourth-order valence-electron chi connectivity index (χ4n) is 7.16. The third-order valence-electron chi connectivity index (χ3n) is 9.07. The van der Waals surface area contributed by atoms with Gasteiger partial charge in [-0.3, -0.25) is 0 Å². The molecule has 5 nitrogen and oxygen atoms in total. The Morgan fingerprint density at radius 2 is 1.57 bits per heavy atom. The fraction of sp³-hybridized carbons (Fsp3) is 0.171. The zero-order valence-corrected chi connectivity index (χ0v) is 29.6. The van der Waals surface area contributed by atoms with E-state index in [0.29, 0.717) is 5.92 Å². The number of fused-ring (bicyclic) bond motifs is 3. The third-order valence-corrected chi connectivity index (χ3v) is 9.66. The molecule has 2 unspecified atom stereocenters. The molecule has 0 spiro atoms. The Morgan fingerprint density at radius 3 is 2.34 bits per heavy atom. The predicted molar refractivity (Wildman–Crippen MR) is 193 cm³/mol. The molecule has 0 amide bonds. The molecule has 0 N–H and O–H groups in total. The number of allylic oxidation sites excluding steroid dienone is 2. The first kappa shape index (κ1) is 30.9. The Balaban J connectivity index is 1.24. The number of likely N-dealkylation sites (N-methyl/N-ethyl adjacent to an activating group) is 1. The van der Waals surface area contributed by atoms with Crippen LogP contribution < -0.4 is 14.5 Å². The number of nitrogens with zero attached hydrogens (tertiary/aromatic N) is 4. The first-order chi connectivity index (χ1) is 22.8. The van der Waals surface area contributed by atoms with Crippen molar-refractivity contribution in [2.75, 3.05) is 16.8 Å². The summed E-state index contributed by atoms with van der Waals surface area (Å²) >= 11 is 2.32. The second-order valence-corrected chi connectivity index (χ2v) is 13.1. The van der Waals surface area contributed by atoms with E-state index in [4.69, 9.17) is 9.72 Å². The van der Waals surface area contributed by atoms with Crippen molar-refractivity contribution in [2.24, 2.45) is 5.92 Å². The average molecular weight is 798 g/mol. The summed E-state index contributed by atoms with van der Waals surface area (Å²) in [5.41, 5.74) is 9.44. The summed E-state index contributed by atoms with van der Waals surface area (Å²) in [4.78, 5) is 9.34. The Hall–Kier alpha value is -4.73. The maximum absolute atomic E-state index is 6.58. The number of anilines is 3. The van der Waals surface area contributed by atoms with Crippen LogP contribution in [-0.2, 0) is 19.4 Å². The molecule has 0 aliphatic heterocycles. The molecule has 0 bridgehead atoms. The SMILES string of the molecule is CC1=CC(C)C(N(C)c2ccccc2N([CH]=[Pt])c2cccc(Oc3ccc4c5cc(C)ccc5n(-c5ccccn5)c4c3)c2)C(C)=C1. The van der Waals surface area contributed by atoms with Gasteiger partial charge in [-0.2, -0.15) is 0 Å². The molecule has 0 saturated heterocycles. The van der Waals surface area contributed by atoms with E-state index in [0.717, 1.165) is 39.7 Å². The molecular weight excluding hydrogens is 760 g/mol. The van der Waals surface area contributed by atoms with Crippen molar-refractivity contribution < 1.29 is 24.1 Å². The number of aromatic nitrogens is 2. The van der Waals surface area contributed by atoms with Gasteiger partial charge in [-0.25, -0.2) is 0 Å². The van der Waals surface area contributed by atoms with Gasteiger partial charge >= 0.3 is 252 Å². The molecule has 2 atom stereocenters. The van der Waals surface area contributed by atoms with Crippen LogP contribution in [0.5, 0.6) is 11.5 Å². The number of para-hydroxylation sites is 2. The normalized spacial score (nSPS) is 16.1. The molecule has 4 aromatic carbocycles. The molecule has 2 aromatic heterocycles. The minimum atomic E-state index is 0.284. The summed E-state index contributed by atoms with van der Waals surface area (Å²) in [5.74, 6) is 2.83. The van der Waals surface area contributed by atoms with Gasteiger partial charge in [-0.05, 0) is 13.0 Å². The van der Waals surface area contributed by atoms with Crippen molar-refractivity contribution in [3.63, 3.8) is 0 Å². The Kier molecular flexibility index (Phi) is 8.42. The summed E-state index contributed by atoms with van der Waals surface area (Å²) in [6.07, 6.45) is 6.51. The number of hydrogen-bond acceptors (Lipinski definition) is 4. The van der Waals surface area contributed by atoms with Crippen molar-refractivity contribution in [1.82, 2.24) is 9.55 Å². The quantitative estimate of drug-likeness (QED) is 0.154. The first-order valence-electron chi connectivity index (χ1n) is 15.9. The van der Waals surface area contributed by atoms with Crippen molar-refractivity contribution in [2.45, 2.75) is 33.7 Å². The van der Waals surface area contributed by atoms with Crippen LogP contribution in [-0.4, -0.2) is 27.2 Å². The van der Waals surface area contributed by atoms with Gasteiger partial charge < -0.3 is 0 Å². The second kappa shape index (κ2) is 12.8. The van der Waals surface area contributed by atoms with Gasteiger partial charge in [0.15, 0.2) is 0 Å². The molecular formula is C41H38N4OPt. The summed E-state index contributed by atoms with van der Waals surface area (Å²) in [6, 6.07) is 36.2. The van der Waals surface area contributed by atoms with Crippen LogP contribution in [0.1, 0.15) is 26.3 Å². The van der Waals surface area contributed by atoms with E-state index in [1.807, 2.05) is 30.5 Å². The second-order valence-electron chi connectivity index (χ2n) is 12.5. The van der Waals surface area contributed by atoms with Gasteiger partial charge in [0.1, 0.15) is 0 Å². The van der Waals surface area contributed by atoms with Crippen LogP contribution in [0, 0.1) is 12.8 Å². The van der Waals surface area contributed by atoms with Crippen molar-refractivity contribution in [3.05, 3.63) is 138 Å². The van der Waals surface area contributed by atoms with Crippen molar-refractivity contribution >= 4 is 43.4 Å². The fourth-order valence-corrected chi connectivity index (χ4v) is 7.82. The zero-order chi connectivity index (χ0) is 32.7. The van der Waals surface area contributed by atoms with E-state index in [1.165, 1.54) is 33.2 Å². The molecule has 0 saturated carbocycles. The van der Waals surface area contributed by atoms with E-state index in [9.17, 15) is 0 Å².